The van der Waals surface area contributed by atoms with Crippen LogP contribution in [0.1, 0.15) is 12.8 Å². The van der Waals surface area contributed by atoms with Crippen molar-refractivity contribution in [3.63, 3.8) is 0 Å². The Morgan fingerprint density at radius 1 is 1.27 bits per heavy atom. The third-order valence-electron chi connectivity index (χ3n) is 4.72. The molecule has 2 aliphatic heterocycles. The summed E-state index contributed by atoms with van der Waals surface area (Å²) >= 11 is 0. The number of hydrogen-bond acceptors (Lipinski definition) is 3. The number of carbonyl (C=O) groups is 1. The van der Waals surface area contributed by atoms with Crippen LogP contribution in [0.5, 0.6) is 0 Å². The lowest BCUT2D eigenvalue weighted by molar-refractivity contribution is 0.206. The van der Waals surface area contributed by atoms with Gasteiger partial charge in [0, 0.05) is 55.0 Å². The summed E-state index contributed by atoms with van der Waals surface area (Å²) in [6.45, 7) is 3.38. The molecule has 0 saturated carbocycles. The fourth-order valence-electron chi connectivity index (χ4n) is 3.64. The van der Waals surface area contributed by atoms with Gasteiger partial charge in [-0.05, 0) is 37.4 Å². The predicted octanol–water partition coefficient (Wildman–Crippen LogP) is 2.20. The van der Waals surface area contributed by atoms with E-state index in [2.05, 4.69) is 15.2 Å². The minimum absolute atomic E-state index is 0.0392. The van der Waals surface area contributed by atoms with Crippen LogP contribution in [-0.4, -0.2) is 46.2 Å². The van der Waals surface area contributed by atoms with E-state index in [-0.39, 0.29) is 12.1 Å². The summed E-state index contributed by atoms with van der Waals surface area (Å²) in [4.78, 5) is 19.0. The smallest absolute Gasteiger partial charge is 0.325 e. The van der Waals surface area contributed by atoms with Crippen LogP contribution >= 0.6 is 0 Å². The zero-order valence-electron chi connectivity index (χ0n) is 12.5. The van der Waals surface area contributed by atoms with E-state index in [9.17, 15) is 4.79 Å². The summed E-state index contributed by atoms with van der Waals surface area (Å²) < 4.78 is 1.63. The van der Waals surface area contributed by atoms with Crippen LogP contribution in [0, 0.1) is 5.92 Å². The Morgan fingerprint density at radius 2 is 2.23 bits per heavy atom. The quantitative estimate of drug-likeness (QED) is 0.924. The summed E-state index contributed by atoms with van der Waals surface area (Å²) in [7, 11) is 0. The predicted molar refractivity (Wildman–Crippen MR) is 84.5 cm³/mol. The summed E-state index contributed by atoms with van der Waals surface area (Å²) in [6.07, 6.45) is 9.63. The van der Waals surface area contributed by atoms with Gasteiger partial charge < -0.3 is 10.2 Å². The fourth-order valence-corrected chi connectivity index (χ4v) is 3.64. The largest absolute Gasteiger partial charge is 0.333 e. The molecule has 22 heavy (non-hydrogen) atoms. The van der Waals surface area contributed by atoms with Crippen molar-refractivity contribution in [1.82, 2.24) is 19.8 Å². The highest BCUT2D eigenvalue weighted by Gasteiger charge is 2.32. The summed E-state index contributed by atoms with van der Waals surface area (Å²) in [5, 5.41) is 3.17. The van der Waals surface area contributed by atoms with Crippen molar-refractivity contribution in [2.24, 2.45) is 5.92 Å². The van der Waals surface area contributed by atoms with Crippen LogP contribution < -0.4 is 5.32 Å². The second-order valence-electron chi connectivity index (χ2n) is 6.35. The van der Waals surface area contributed by atoms with Crippen LogP contribution in [0.2, 0.25) is 0 Å². The van der Waals surface area contributed by atoms with Crippen molar-refractivity contribution in [2.45, 2.75) is 18.9 Å². The molecule has 1 N–H and O–H groups in total. The molecule has 2 saturated heterocycles. The number of nitrogens with one attached hydrogen (secondary N) is 1. The highest BCUT2D eigenvalue weighted by Crippen LogP contribution is 2.26. The first-order valence-electron chi connectivity index (χ1n) is 7.89. The van der Waals surface area contributed by atoms with Gasteiger partial charge in [0.15, 0.2) is 0 Å². The molecule has 0 aromatic carbocycles. The molecule has 0 spiro atoms. The standard InChI is InChI=1S/C17H20N4O/c22-17(19-16-8-13-3-6-20(10-13)12-16)21-7-4-15(11-21)14-2-1-5-18-9-14/h1-2,4-5,7,9,11,13,16H,3,6,8,10,12H2,(H,19,22)/t13-,16-/m1/s1. The summed E-state index contributed by atoms with van der Waals surface area (Å²) in [5.74, 6) is 0.759. The van der Waals surface area contributed by atoms with E-state index >= 15 is 0 Å². The van der Waals surface area contributed by atoms with E-state index in [0.717, 1.165) is 30.0 Å². The van der Waals surface area contributed by atoms with Gasteiger partial charge in [0.2, 0.25) is 0 Å². The van der Waals surface area contributed by atoms with Crippen LogP contribution in [0.3, 0.4) is 0 Å². The lowest BCUT2D eigenvalue weighted by Gasteiger charge is -2.30. The molecular weight excluding hydrogens is 276 g/mol. The van der Waals surface area contributed by atoms with Gasteiger partial charge in [0.05, 0.1) is 0 Å². The van der Waals surface area contributed by atoms with E-state index in [1.807, 2.05) is 36.8 Å². The normalized spacial score (nSPS) is 26.8. The van der Waals surface area contributed by atoms with E-state index < -0.39 is 0 Å². The first-order valence-corrected chi connectivity index (χ1v) is 7.89. The topological polar surface area (TPSA) is 50.2 Å². The van der Waals surface area contributed by atoms with E-state index in [0.29, 0.717) is 0 Å². The van der Waals surface area contributed by atoms with Crippen molar-refractivity contribution < 1.29 is 4.79 Å². The number of rotatable bonds is 2. The molecule has 4 rings (SSSR count). The second-order valence-corrected chi connectivity index (χ2v) is 6.35. The molecule has 2 aromatic rings. The molecule has 5 nitrogen and oxygen atoms in total. The summed E-state index contributed by atoms with van der Waals surface area (Å²) in [5.41, 5.74) is 2.03. The Morgan fingerprint density at radius 3 is 3.05 bits per heavy atom. The lowest BCUT2D eigenvalue weighted by atomic mass is 9.97. The molecular formula is C17H20N4O. The average molecular weight is 296 g/mol. The molecule has 2 aromatic heterocycles. The highest BCUT2D eigenvalue weighted by atomic mass is 16.2. The monoisotopic (exact) mass is 296 g/mol. The highest BCUT2D eigenvalue weighted by molar-refractivity contribution is 5.79. The van der Waals surface area contributed by atoms with Gasteiger partial charge in [-0.3, -0.25) is 9.55 Å². The number of piperidine rings is 1. The molecule has 5 heteroatoms. The van der Waals surface area contributed by atoms with E-state index in [1.54, 1.807) is 10.8 Å². The SMILES string of the molecule is O=C(N[C@@H]1C[C@H]2CCN(C2)C1)n1ccc(-c2cccnc2)c1. The van der Waals surface area contributed by atoms with Crippen molar-refractivity contribution in [1.29, 1.82) is 0 Å². The van der Waals surface area contributed by atoms with Gasteiger partial charge >= 0.3 is 6.03 Å². The molecule has 1 unspecified atom stereocenters. The molecule has 1 amide bonds. The van der Waals surface area contributed by atoms with Crippen molar-refractivity contribution in [2.75, 3.05) is 19.6 Å². The first-order chi connectivity index (χ1) is 10.8. The van der Waals surface area contributed by atoms with Crippen LogP contribution in [0.25, 0.3) is 11.1 Å². The Labute approximate surface area is 130 Å². The Bertz CT molecular complexity index is 654. The molecule has 3 atom stereocenters. The van der Waals surface area contributed by atoms with E-state index in [4.69, 9.17) is 0 Å². The molecule has 4 heterocycles. The van der Waals surface area contributed by atoms with E-state index in [1.165, 1.54) is 19.5 Å². The fraction of sp³-hybridized carbons (Fsp3) is 0.412. The first kappa shape index (κ1) is 13.5. The van der Waals surface area contributed by atoms with Crippen molar-refractivity contribution >= 4 is 6.03 Å². The number of pyridine rings is 1. The second kappa shape index (κ2) is 5.57. The molecule has 2 fully saturated rings. The molecule has 2 bridgehead atoms. The number of amides is 1. The van der Waals surface area contributed by atoms with Crippen LogP contribution in [0.15, 0.2) is 43.0 Å². The maximum atomic E-state index is 12.4. The van der Waals surface area contributed by atoms with Crippen LogP contribution in [0.4, 0.5) is 4.79 Å². The molecule has 114 valence electrons. The summed E-state index contributed by atoms with van der Waals surface area (Å²) in [6, 6.07) is 6.08. The van der Waals surface area contributed by atoms with Gasteiger partial charge in [-0.15, -0.1) is 0 Å². The third kappa shape index (κ3) is 2.64. The average Bonchev–Trinajstić information content (AvgIpc) is 3.15. The maximum Gasteiger partial charge on any atom is 0.325 e. The maximum absolute atomic E-state index is 12.4. The van der Waals surface area contributed by atoms with Crippen LogP contribution in [-0.2, 0) is 0 Å². The van der Waals surface area contributed by atoms with Crippen molar-refractivity contribution in [3.05, 3.63) is 43.0 Å². The lowest BCUT2D eigenvalue weighted by Crippen LogP contribution is -2.47. The molecule has 2 aliphatic rings. The number of hydrogen-bond donors (Lipinski definition) is 1. The zero-order chi connectivity index (χ0) is 14.9. The van der Waals surface area contributed by atoms with Crippen molar-refractivity contribution in [3.8, 4) is 11.1 Å². The Balaban J connectivity index is 1.44. The van der Waals surface area contributed by atoms with Gasteiger partial charge in [0.1, 0.15) is 0 Å². The van der Waals surface area contributed by atoms with Gasteiger partial charge in [0.25, 0.3) is 0 Å². The molecule has 0 aliphatic carbocycles. The van der Waals surface area contributed by atoms with Gasteiger partial charge in [-0.1, -0.05) is 6.07 Å². The Kier molecular flexibility index (Phi) is 3.42. The Hall–Kier alpha value is -2.14. The molecule has 0 radical (unpaired) electrons. The minimum Gasteiger partial charge on any atom is -0.333 e. The number of fused-ring (bicyclic) bond motifs is 2. The van der Waals surface area contributed by atoms with Gasteiger partial charge in [-0.2, -0.15) is 0 Å². The number of nitrogens with zero attached hydrogens (tertiary/aromatic N) is 3. The third-order valence-corrected chi connectivity index (χ3v) is 4.72. The number of aromatic nitrogens is 2. The van der Waals surface area contributed by atoms with Gasteiger partial charge in [-0.25, -0.2) is 4.79 Å². The minimum atomic E-state index is -0.0392. The number of carbonyl (C=O) groups excluding carboxylic acids is 1. The zero-order valence-corrected chi connectivity index (χ0v) is 12.5.